The average Bonchev–Trinajstić information content (AvgIpc) is 2.56. The van der Waals surface area contributed by atoms with Gasteiger partial charge in [0, 0.05) is 12.4 Å². The van der Waals surface area contributed by atoms with Gasteiger partial charge >= 0.3 is 0 Å². The lowest BCUT2D eigenvalue weighted by Gasteiger charge is -2.26. The Balaban J connectivity index is 2.12. The number of benzene rings is 1. The molecular formula is C10H9N3. The maximum atomic E-state index is 3.26. The average molecular weight is 171 g/mol. The van der Waals surface area contributed by atoms with Crippen LogP contribution in [-0.2, 0) is 0 Å². The minimum atomic E-state index is 1.14. The van der Waals surface area contributed by atoms with Crippen LogP contribution >= 0.6 is 0 Å². The van der Waals surface area contributed by atoms with Crippen LogP contribution < -0.4 is 10.4 Å². The quantitative estimate of drug-likeness (QED) is 0.644. The number of anilines is 2. The summed E-state index contributed by atoms with van der Waals surface area (Å²) < 4.78 is 0. The zero-order chi connectivity index (χ0) is 8.67. The molecule has 0 amide bonds. The normalized spacial score (nSPS) is 16.9. The lowest BCUT2D eigenvalue weighted by atomic mass is 10.3. The fourth-order valence-electron chi connectivity index (χ4n) is 1.58. The van der Waals surface area contributed by atoms with Gasteiger partial charge in [-0.05, 0) is 24.3 Å². The van der Waals surface area contributed by atoms with E-state index in [1.807, 2.05) is 41.8 Å². The molecule has 0 saturated heterocycles. The van der Waals surface area contributed by atoms with Crippen molar-refractivity contribution in [2.45, 2.75) is 0 Å². The van der Waals surface area contributed by atoms with Crippen molar-refractivity contribution in [3.63, 3.8) is 0 Å². The molecule has 0 radical (unpaired) electrons. The molecule has 0 atom stereocenters. The summed E-state index contributed by atoms with van der Waals surface area (Å²) in [5.41, 5.74) is 5.58. The van der Waals surface area contributed by atoms with E-state index in [1.165, 1.54) is 5.69 Å². The first kappa shape index (κ1) is 6.60. The number of allylic oxidation sites excluding steroid dienone is 2. The molecule has 0 fully saturated rings. The Hall–Kier alpha value is -1.90. The summed E-state index contributed by atoms with van der Waals surface area (Å²) >= 11 is 0. The molecule has 1 aromatic carbocycles. The van der Waals surface area contributed by atoms with Crippen LogP contribution in [0.2, 0.25) is 0 Å². The molecule has 0 bridgehead atoms. The molecule has 1 aromatic rings. The Morgan fingerprint density at radius 1 is 1.00 bits per heavy atom. The van der Waals surface area contributed by atoms with Crippen LogP contribution in [-0.4, -0.2) is 5.12 Å². The van der Waals surface area contributed by atoms with Crippen molar-refractivity contribution < 1.29 is 0 Å². The summed E-state index contributed by atoms with van der Waals surface area (Å²) in [5.74, 6) is 0. The molecule has 2 heterocycles. The Morgan fingerprint density at radius 3 is 2.85 bits per heavy atom. The van der Waals surface area contributed by atoms with Gasteiger partial charge in [0.1, 0.15) is 0 Å². The Morgan fingerprint density at radius 2 is 1.85 bits per heavy atom. The second-order valence-electron chi connectivity index (χ2n) is 3.00. The molecule has 2 aliphatic heterocycles. The molecule has 0 unspecified atom stereocenters. The predicted octanol–water partition coefficient (Wildman–Crippen LogP) is 2.09. The van der Waals surface area contributed by atoms with E-state index in [1.54, 1.807) is 0 Å². The summed E-state index contributed by atoms with van der Waals surface area (Å²) in [7, 11) is 0. The highest BCUT2D eigenvalue weighted by atomic mass is 15.8. The number of hydrogen-bond donors (Lipinski definition) is 1. The minimum absolute atomic E-state index is 1.14. The number of hydrogen-bond acceptors (Lipinski definition) is 3. The molecule has 13 heavy (non-hydrogen) atoms. The molecule has 3 heteroatoms. The smallest absolute Gasteiger partial charge is 0.0894 e. The van der Waals surface area contributed by atoms with Gasteiger partial charge in [-0.1, -0.05) is 12.1 Å². The van der Waals surface area contributed by atoms with Gasteiger partial charge in [0.25, 0.3) is 0 Å². The molecular weight excluding hydrogens is 162 g/mol. The Labute approximate surface area is 76.5 Å². The first-order valence-corrected chi connectivity index (χ1v) is 4.24. The fraction of sp³-hybridized carbons (Fsp3) is 0. The monoisotopic (exact) mass is 171 g/mol. The standard InChI is InChI=1S/C10H9N3/c1-2-6-10-9(5-1)11-13-8-4-3-7-12(10)13/h1-8,11H. The highest BCUT2D eigenvalue weighted by Crippen LogP contribution is 2.34. The van der Waals surface area contributed by atoms with Crippen molar-refractivity contribution in [2.75, 3.05) is 10.4 Å². The maximum absolute atomic E-state index is 3.26. The summed E-state index contributed by atoms with van der Waals surface area (Å²) in [6.07, 6.45) is 8.02. The van der Waals surface area contributed by atoms with E-state index < -0.39 is 0 Å². The zero-order valence-electron chi connectivity index (χ0n) is 7.01. The van der Waals surface area contributed by atoms with E-state index in [0.717, 1.165) is 5.69 Å². The lowest BCUT2D eigenvalue weighted by molar-refractivity contribution is 0.473. The van der Waals surface area contributed by atoms with Crippen molar-refractivity contribution in [1.82, 2.24) is 5.12 Å². The van der Waals surface area contributed by atoms with Crippen molar-refractivity contribution in [2.24, 2.45) is 0 Å². The van der Waals surface area contributed by atoms with Crippen LogP contribution in [0.5, 0.6) is 0 Å². The van der Waals surface area contributed by atoms with Crippen LogP contribution in [0.1, 0.15) is 0 Å². The van der Waals surface area contributed by atoms with Gasteiger partial charge in [-0.25, -0.2) is 5.01 Å². The van der Waals surface area contributed by atoms with Gasteiger partial charge in [-0.15, -0.1) is 0 Å². The number of nitrogens with zero attached hydrogens (tertiary/aromatic N) is 2. The van der Waals surface area contributed by atoms with Crippen LogP contribution in [0.15, 0.2) is 48.8 Å². The SMILES string of the molecule is C1=CN2Nc3ccccc3N2C=C1. The van der Waals surface area contributed by atoms with E-state index in [-0.39, 0.29) is 0 Å². The molecule has 3 nitrogen and oxygen atoms in total. The second-order valence-corrected chi connectivity index (χ2v) is 3.00. The molecule has 0 saturated carbocycles. The van der Waals surface area contributed by atoms with E-state index >= 15 is 0 Å². The second kappa shape index (κ2) is 2.29. The summed E-state index contributed by atoms with van der Waals surface area (Å²) in [6, 6.07) is 8.22. The molecule has 0 spiro atoms. The van der Waals surface area contributed by atoms with E-state index in [4.69, 9.17) is 0 Å². The van der Waals surface area contributed by atoms with Crippen LogP contribution in [0.4, 0.5) is 11.4 Å². The van der Waals surface area contributed by atoms with Crippen molar-refractivity contribution in [3.05, 3.63) is 48.8 Å². The van der Waals surface area contributed by atoms with E-state index in [0.29, 0.717) is 0 Å². The third kappa shape index (κ3) is 0.839. The predicted molar refractivity (Wildman–Crippen MR) is 52.7 cm³/mol. The lowest BCUT2D eigenvalue weighted by Crippen LogP contribution is -2.34. The molecule has 0 aliphatic carbocycles. The number of rotatable bonds is 0. The van der Waals surface area contributed by atoms with Gasteiger partial charge in [-0.2, -0.15) is 5.12 Å². The zero-order valence-corrected chi connectivity index (χ0v) is 7.01. The number of fused-ring (bicyclic) bond motifs is 3. The highest BCUT2D eigenvalue weighted by molar-refractivity contribution is 5.74. The topological polar surface area (TPSA) is 18.5 Å². The first-order chi connectivity index (χ1) is 6.45. The van der Waals surface area contributed by atoms with Gasteiger partial charge in [0.15, 0.2) is 0 Å². The van der Waals surface area contributed by atoms with E-state index in [9.17, 15) is 0 Å². The molecule has 0 aromatic heterocycles. The molecule has 64 valence electrons. The number of nitrogens with one attached hydrogen (secondary N) is 1. The summed E-state index contributed by atoms with van der Waals surface area (Å²) in [4.78, 5) is 0. The highest BCUT2D eigenvalue weighted by Gasteiger charge is 2.22. The maximum Gasteiger partial charge on any atom is 0.0894 e. The molecule has 3 rings (SSSR count). The Kier molecular flexibility index (Phi) is 1.16. The largest absolute Gasteiger partial charge is 0.278 e. The van der Waals surface area contributed by atoms with Crippen LogP contribution in [0.25, 0.3) is 0 Å². The fourth-order valence-corrected chi connectivity index (χ4v) is 1.58. The van der Waals surface area contributed by atoms with Crippen LogP contribution in [0.3, 0.4) is 0 Å². The van der Waals surface area contributed by atoms with Gasteiger partial charge in [0.2, 0.25) is 0 Å². The third-order valence-electron chi connectivity index (χ3n) is 2.18. The van der Waals surface area contributed by atoms with Crippen molar-refractivity contribution in [3.8, 4) is 0 Å². The third-order valence-corrected chi connectivity index (χ3v) is 2.18. The van der Waals surface area contributed by atoms with Gasteiger partial charge in [-0.3, -0.25) is 5.43 Å². The van der Waals surface area contributed by atoms with E-state index in [2.05, 4.69) is 22.6 Å². The molecule has 2 aliphatic rings. The molecule has 1 N–H and O–H groups in total. The number of hydrazine groups is 2. The Bertz CT molecular complexity index is 395. The van der Waals surface area contributed by atoms with Gasteiger partial charge in [0.05, 0.1) is 11.4 Å². The minimum Gasteiger partial charge on any atom is -0.278 e. The first-order valence-electron chi connectivity index (χ1n) is 4.24. The van der Waals surface area contributed by atoms with Crippen LogP contribution in [0, 0.1) is 0 Å². The number of para-hydroxylation sites is 2. The van der Waals surface area contributed by atoms with Gasteiger partial charge < -0.3 is 0 Å². The van der Waals surface area contributed by atoms with Crippen molar-refractivity contribution >= 4 is 11.4 Å². The summed E-state index contributed by atoms with van der Waals surface area (Å²) in [5, 5.41) is 4.01. The summed E-state index contributed by atoms with van der Waals surface area (Å²) in [6.45, 7) is 0. The van der Waals surface area contributed by atoms with Crippen molar-refractivity contribution in [1.29, 1.82) is 0 Å².